The van der Waals surface area contributed by atoms with Crippen LogP contribution in [0, 0.1) is 28.6 Å². The minimum atomic E-state index is -0.180. The molecule has 182 valence electrons. The first-order valence-electron chi connectivity index (χ1n) is 12.8. The molecule has 3 aliphatic carbocycles. The van der Waals surface area contributed by atoms with E-state index in [9.17, 15) is 4.79 Å². The SMILES string of the molecule is COc1cc(C2C[C@]3(C)[C@H]4CC[C@]5(C)CCC[C@H]5[C@@H]4CC[C@H]3N(C)C2=O)cc(OC)c1OC. The number of methoxy groups -OCH3 is 3. The Hall–Kier alpha value is -1.91. The van der Waals surface area contributed by atoms with Gasteiger partial charge in [-0.05, 0) is 91.2 Å². The third-order valence-corrected chi connectivity index (χ3v) is 10.4. The van der Waals surface area contributed by atoms with Crippen LogP contribution in [0.2, 0.25) is 0 Å². The smallest absolute Gasteiger partial charge is 0.230 e. The molecule has 0 aromatic heterocycles. The van der Waals surface area contributed by atoms with Crippen LogP contribution in [0.1, 0.15) is 76.7 Å². The maximum absolute atomic E-state index is 13.7. The highest BCUT2D eigenvalue weighted by Crippen LogP contribution is 2.65. The largest absolute Gasteiger partial charge is 0.493 e. The predicted octanol–water partition coefficient (Wildman–Crippen LogP) is 5.66. The van der Waals surface area contributed by atoms with Gasteiger partial charge in [0, 0.05) is 13.1 Å². The van der Waals surface area contributed by atoms with Crippen LogP contribution >= 0.6 is 0 Å². The Morgan fingerprint density at radius 3 is 2.24 bits per heavy atom. The van der Waals surface area contributed by atoms with Crippen molar-refractivity contribution in [1.82, 2.24) is 4.90 Å². The third-order valence-electron chi connectivity index (χ3n) is 10.4. The first kappa shape index (κ1) is 22.9. The van der Waals surface area contributed by atoms with Gasteiger partial charge in [0.15, 0.2) is 11.5 Å². The van der Waals surface area contributed by atoms with Crippen molar-refractivity contribution in [3.63, 3.8) is 0 Å². The van der Waals surface area contributed by atoms with Gasteiger partial charge in [0.05, 0.1) is 27.2 Å². The molecule has 1 saturated heterocycles. The van der Waals surface area contributed by atoms with E-state index in [1.54, 1.807) is 21.3 Å². The molecule has 1 amide bonds. The van der Waals surface area contributed by atoms with Crippen molar-refractivity contribution in [2.24, 2.45) is 28.6 Å². The second kappa shape index (κ2) is 8.09. The number of carbonyl (C=O) groups excluding carboxylic acids is 1. The Balaban J connectivity index is 1.52. The zero-order chi connectivity index (χ0) is 23.5. The molecule has 7 atom stereocenters. The van der Waals surface area contributed by atoms with E-state index < -0.39 is 0 Å². The molecule has 0 spiro atoms. The van der Waals surface area contributed by atoms with Gasteiger partial charge >= 0.3 is 0 Å². The van der Waals surface area contributed by atoms with Crippen molar-refractivity contribution in [2.45, 2.75) is 77.2 Å². The summed E-state index contributed by atoms with van der Waals surface area (Å²) in [6.45, 7) is 5.06. The van der Waals surface area contributed by atoms with E-state index in [0.29, 0.717) is 34.6 Å². The Morgan fingerprint density at radius 2 is 1.61 bits per heavy atom. The van der Waals surface area contributed by atoms with E-state index in [2.05, 4.69) is 18.7 Å². The molecule has 4 aliphatic rings. The molecule has 5 rings (SSSR count). The van der Waals surface area contributed by atoms with Gasteiger partial charge < -0.3 is 19.1 Å². The number of ether oxygens (including phenoxy) is 3. The van der Waals surface area contributed by atoms with E-state index >= 15 is 0 Å². The monoisotopic (exact) mass is 455 g/mol. The highest BCUT2D eigenvalue weighted by atomic mass is 16.5. The maximum Gasteiger partial charge on any atom is 0.230 e. The Bertz CT molecular complexity index is 905. The Labute approximate surface area is 199 Å². The van der Waals surface area contributed by atoms with Crippen molar-refractivity contribution >= 4 is 5.91 Å². The van der Waals surface area contributed by atoms with Gasteiger partial charge in [0.1, 0.15) is 0 Å². The lowest BCUT2D eigenvalue weighted by molar-refractivity contribution is -0.160. The quantitative estimate of drug-likeness (QED) is 0.588. The molecule has 4 fully saturated rings. The van der Waals surface area contributed by atoms with Gasteiger partial charge in [-0.15, -0.1) is 0 Å². The zero-order valence-corrected chi connectivity index (χ0v) is 21.3. The van der Waals surface area contributed by atoms with Crippen molar-refractivity contribution < 1.29 is 19.0 Å². The summed E-state index contributed by atoms with van der Waals surface area (Å²) in [6, 6.07) is 4.31. The first-order chi connectivity index (χ1) is 15.8. The number of carbonyl (C=O) groups is 1. The predicted molar refractivity (Wildman–Crippen MR) is 129 cm³/mol. The summed E-state index contributed by atoms with van der Waals surface area (Å²) >= 11 is 0. The fourth-order valence-electron chi connectivity index (χ4n) is 8.84. The normalized spacial score (nSPS) is 40.0. The van der Waals surface area contributed by atoms with E-state index in [0.717, 1.165) is 30.2 Å². The number of hydrogen-bond acceptors (Lipinski definition) is 4. The summed E-state index contributed by atoms with van der Waals surface area (Å²) in [6.07, 6.45) is 10.2. The summed E-state index contributed by atoms with van der Waals surface area (Å²) in [7, 11) is 6.94. The molecule has 5 nitrogen and oxygen atoms in total. The van der Waals surface area contributed by atoms with Crippen LogP contribution in [0.5, 0.6) is 17.2 Å². The zero-order valence-electron chi connectivity index (χ0n) is 21.3. The topological polar surface area (TPSA) is 48.0 Å². The van der Waals surface area contributed by atoms with Gasteiger partial charge in [0.2, 0.25) is 11.7 Å². The van der Waals surface area contributed by atoms with Crippen LogP contribution in [0.3, 0.4) is 0 Å². The molecule has 1 aromatic rings. The van der Waals surface area contributed by atoms with Crippen molar-refractivity contribution in [1.29, 1.82) is 0 Å². The summed E-state index contributed by atoms with van der Waals surface area (Å²) in [5.41, 5.74) is 1.67. The lowest BCUT2D eigenvalue weighted by Crippen LogP contribution is -2.62. The number of amides is 1. The highest BCUT2D eigenvalue weighted by Gasteiger charge is 2.60. The number of fused-ring (bicyclic) bond motifs is 5. The molecule has 1 unspecified atom stereocenters. The van der Waals surface area contributed by atoms with Crippen LogP contribution in [-0.2, 0) is 4.79 Å². The standard InChI is InChI=1S/C28H41NO4/c1-27-12-7-8-20(27)18-9-10-24-28(2,21(18)11-13-27)16-19(26(30)29(24)3)17-14-22(31-4)25(33-6)23(15-17)32-5/h14-15,18-21,24H,7-13,16H2,1-6H3/t18-,19?,20-,21-,24+,27-,28+/m0/s1. The molecule has 3 saturated carbocycles. The fraction of sp³-hybridized carbons (Fsp3) is 0.750. The van der Waals surface area contributed by atoms with Crippen LogP contribution < -0.4 is 14.2 Å². The van der Waals surface area contributed by atoms with Gasteiger partial charge in [0.25, 0.3) is 0 Å². The molecule has 0 bridgehead atoms. The molecular weight excluding hydrogens is 414 g/mol. The average Bonchev–Trinajstić information content (AvgIpc) is 3.22. The number of likely N-dealkylation sites (N-methyl/N-ethyl adjacent to an activating group) is 1. The average molecular weight is 456 g/mol. The third kappa shape index (κ3) is 3.28. The lowest BCUT2D eigenvalue weighted by Gasteiger charge is -2.62. The maximum atomic E-state index is 13.7. The lowest BCUT2D eigenvalue weighted by atomic mass is 9.46. The molecule has 33 heavy (non-hydrogen) atoms. The Morgan fingerprint density at radius 1 is 0.909 bits per heavy atom. The highest BCUT2D eigenvalue weighted by molar-refractivity contribution is 5.85. The molecule has 1 aliphatic heterocycles. The number of likely N-dealkylation sites (tertiary alicyclic amines) is 1. The number of nitrogens with zero attached hydrogens (tertiary/aromatic N) is 1. The number of hydrogen-bond donors (Lipinski definition) is 0. The van der Waals surface area contributed by atoms with E-state index in [4.69, 9.17) is 14.2 Å². The molecule has 1 aromatic carbocycles. The van der Waals surface area contributed by atoms with Crippen molar-refractivity contribution in [2.75, 3.05) is 28.4 Å². The number of rotatable bonds is 4. The van der Waals surface area contributed by atoms with Crippen LogP contribution in [-0.4, -0.2) is 45.2 Å². The number of piperidine rings is 1. The second-order valence-corrected chi connectivity index (χ2v) is 11.7. The molecule has 0 radical (unpaired) electrons. The van der Waals surface area contributed by atoms with E-state index in [1.165, 1.54) is 38.5 Å². The molecule has 1 heterocycles. The minimum Gasteiger partial charge on any atom is -0.493 e. The van der Waals surface area contributed by atoms with Crippen LogP contribution in [0.25, 0.3) is 0 Å². The van der Waals surface area contributed by atoms with Crippen LogP contribution in [0.15, 0.2) is 12.1 Å². The molecule has 0 N–H and O–H groups in total. The fourth-order valence-corrected chi connectivity index (χ4v) is 8.84. The van der Waals surface area contributed by atoms with Crippen LogP contribution in [0.4, 0.5) is 0 Å². The number of benzene rings is 1. The summed E-state index contributed by atoms with van der Waals surface area (Å²) in [5.74, 6) is 4.26. The van der Waals surface area contributed by atoms with Gasteiger partial charge in [-0.1, -0.05) is 20.3 Å². The van der Waals surface area contributed by atoms with Crippen molar-refractivity contribution in [3.05, 3.63) is 17.7 Å². The van der Waals surface area contributed by atoms with Gasteiger partial charge in [-0.2, -0.15) is 0 Å². The van der Waals surface area contributed by atoms with E-state index in [-0.39, 0.29) is 17.2 Å². The van der Waals surface area contributed by atoms with Gasteiger partial charge in [-0.3, -0.25) is 4.79 Å². The van der Waals surface area contributed by atoms with E-state index in [1.807, 2.05) is 19.2 Å². The molecule has 5 heteroatoms. The summed E-state index contributed by atoms with van der Waals surface area (Å²) in [5, 5.41) is 0. The summed E-state index contributed by atoms with van der Waals surface area (Å²) < 4.78 is 16.8. The van der Waals surface area contributed by atoms with Crippen molar-refractivity contribution in [3.8, 4) is 17.2 Å². The first-order valence-corrected chi connectivity index (χ1v) is 12.8. The Kier molecular flexibility index (Phi) is 5.61. The second-order valence-electron chi connectivity index (χ2n) is 11.7. The summed E-state index contributed by atoms with van der Waals surface area (Å²) in [4.78, 5) is 15.8. The molecular formula is C28H41NO4. The van der Waals surface area contributed by atoms with Gasteiger partial charge in [-0.25, -0.2) is 0 Å². The minimum absolute atomic E-state index is 0.139.